The lowest BCUT2D eigenvalue weighted by Gasteiger charge is -2.06. The van der Waals surface area contributed by atoms with Gasteiger partial charge >= 0.3 is 0 Å². The fraction of sp³-hybridized carbons (Fsp3) is 0.357. The Bertz CT molecular complexity index is 491. The molecule has 0 aliphatic heterocycles. The first-order chi connectivity index (χ1) is 9.19. The minimum absolute atomic E-state index is 0.0213. The summed E-state index contributed by atoms with van der Waals surface area (Å²) in [5, 5.41) is 11.1. The normalized spacial score (nSPS) is 9.63. The van der Waals surface area contributed by atoms with Gasteiger partial charge in [-0.25, -0.2) is 4.39 Å². The standard InChI is InChI=1S/C14H16FNO3/c1-19-9-3-7-16-14(18)12-6-5-11(4-2-8-17)10-13(12)15/h5-6,10,17H,3,7-9H2,1H3,(H,16,18). The highest BCUT2D eigenvalue weighted by Gasteiger charge is 2.11. The van der Waals surface area contributed by atoms with E-state index in [1.165, 1.54) is 18.2 Å². The lowest BCUT2D eigenvalue weighted by Crippen LogP contribution is -2.26. The maximum absolute atomic E-state index is 13.7. The monoisotopic (exact) mass is 265 g/mol. The highest BCUT2D eigenvalue weighted by molar-refractivity contribution is 5.94. The number of aliphatic hydroxyl groups excluding tert-OH is 1. The molecule has 0 aliphatic carbocycles. The van der Waals surface area contributed by atoms with E-state index in [4.69, 9.17) is 9.84 Å². The van der Waals surface area contributed by atoms with E-state index in [1.807, 2.05) is 0 Å². The zero-order valence-corrected chi connectivity index (χ0v) is 10.7. The van der Waals surface area contributed by atoms with E-state index >= 15 is 0 Å². The van der Waals surface area contributed by atoms with E-state index in [-0.39, 0.29) is 12.2 Å². The van der Waals surface area contributed by atoms with Crippen molar-refractivity contribution in [2.75, 3.05) is 26.9 Å². The van der Waals surface area contributed by atoms with Crippen molar-refractivity contribution < 1.29 is 19.0 Å². The first-order valence-electron chi connectivity index (χ1n) is 5.85. The quantitative estimate of drug-likeness (QED) is 0.615. The molecule has 0 spiro atoms. The molecule has 0 unspecified atom stereocenters. The number of methoxy groups -OCH3 is 1. The Morgan fingerprint density at radius 2 is 2.32 bits per heavy atom. The van der Waals surface area contributed by atoms with Crippen molar-refractivity contribution in [2.24, 2.45) is 0 Å². The van der Waals surface area contributed by atoms with Crippen molar-refractivity contribution in [1.29, 1.82) is 0 Å². The molecule has 102 valence electrons. The Hall–Kier alpha value is -1.90. The average molecular weight is 265 g/mol. The first kappa shape index (κ1) is 15.2. The molecule has 1 aromatic carbocycles. The second-order valence-electron chi connectivity index (χ2n) is 3.76. The van der Waals surface area contributed by atoms with Crippen molar-refractivity contribution in [3.05, 3.63) is 35.1 Å². The number of carbonyl (C=O) groups excluding carboxylic acids is 1. The number of carbonyl (C=O) groups is 1. The van der Waals surface area contributed by atoms with Crippen LogP contribution in [0.5, 0.6) is 0 Å². The Kier molecular flexibility index (Phi) is 6.58. The van der Waals surface area contributed by atoms with Crippen molar-refractivity contribution in [3.8, 4) is 11.8 Å². The molecule has 0 aliphatic rings. The second kappa shape index (κ2) is 8.25. The van der Waals surface area contributed by atoms with Crippen LogP contribution in [-0.2, 0) is 4.74 Å². The number of nitrogens with one attached hydrogen (secondary N) is 1. The van der Waals surface area contributed by atoms with Gasteiger partial charge in [-0.1, -0.05) is 11.8 Å². The lowest BCUT2D eigenvalue weighted by molar-refractivity contribution is 0.0944. The number of aliphatic hydroxyl groups is 1. The van der Waals surface area contributed by atoms with Gasteiger partial charge in [0, 0.05) is 25.8 Å². The number of rotatable bonds is 5. The number of amides is 1. The summed E-state index contributed by atoms with van der Waals surface area (Å²) < 4.78 is 18.5. The SMILES string of the molecule is COCCCNC(=O)c1ccc(C#CCO)cc1F. The molecule has 1 aromatic rings. The van der Waals surface area contributed by atoms with Crippen molar-refractivity contribution in [1.82, 2.24) is 5.32 Å². The van der Waals surface area contributed by atoms with Crippen LogP contribution in [0.3, 0.4) is 0 Å². The third kappa shape index (κ3) is 5.08. The van der Waals surface area contributed by atoms with E-state index in [1.54, 1.807) is 7.11 Å². The minimum atomic E-state index is -0.631. The largest absolute Gasteiger partial charge is 0.385 e. The molecule has 19 heavy (non-hydrogen) atoms. The van der Waals surface area contributed by atoms with Crippen LogP contribution in [0.1, 0.15) is 22.3 Å². The highest BCUT2D eigenvalue weighted by Crippen LogP contribution is 2.09. The molecule has 5 heteroatoms. The molecule has 4 nitrogen and oxygen atoms in total. The fourth-order valence-corrected chi connectivity index (χ4v) is 1.43. The highest BCUT2D eigenvalue weighted by atomic mass is 19.1. The topological polar surface area (TPSA) is 58.6 Å². The maximum atomic E-state index is 13.7. The fourth-order valence-electron chi connectivity index (χ4n) is 1.43. The third-order valence-electron chi connectivity index (χ3n) is 2.34. The Morgan fingerprint density at radius 1 is 1.53 bits per heavy atom. The molecule has 0 atom stereocenters. The van der Waals surface area contributed by atoms with E-state index < -0.39 is 11.7 Å². The molecule has 2 N–H and O–H groups in total. The molecule has 0 radical (unpaired) electrons. The van der Waals surface area contributed by atoms with Crippen LogP contribution < -0.4 is 5.32 Å². The zero-order chi connectivity index (χ0) is 14.1. The summed E-state index contributed by atoms with van der Waals surface area (Å²) in [5.74, 6) is 3.89. The van der Waals surface area contributed by atoms with Crippen LogP contribution in [0.4, 0.5) is 4.39 Å². The van der Waals surface area contributed by atoms with Gasteiger partial charge in [0.1, 0.15) is 12.4 Å². The van der Waals surface area contributed by atoms with Crippen LogP contribution in [0.25, 0.3) is 0 Å². The van der Waals surface area contributed by atoms with Crippen molar-refractivity contribution in [2.45, 2.75) is 6.42 Å². The van der Waals surface area contributed by atoms with Gasteiger partial charge in [-0.05, 0) is 24.6 Å². The van der Waals surface area contributed by atoms with E-state index in [0.717, 1.165) is 0 Å². The van der Waals surface area contributed by atoms with Gasteiger partial charge in [0.2, 0.25) is 0 Å². The van der Waals surface area contributed by atoms with Gasteiger partial charge in [-0.15, -0.1) is 0 Å². The summed E-state index contributed by atoms with van der Waals surface area (Å²) in [6, 6.07) is 4.09. The number of hydrogen-bond acceptors (Lipinski definition) is 3. The molecule has 1 amide bonds. The van der Waals surface area contributed by atoms with Gasteiger partial charge in [0.05, 0.1) is 5.56 Å². The summed E-state index contributed by atoms with van der Waals surface area (Å²) >= 11 is 0. The Morgan fingerprint density at radius 3 is 2.95 bits per heavy atom. The number of hydrogen-bond donors (Lipinski definition) is 2. The summed E-state index contributed by atoms with van der Waals surface area (Å²) in [4.78, 5) is 11.7. The molecule has 0 saturated carbocycles. The average Bonchev–Trinajstić information content (AvgIpc) is 2.41. The second-order valence-corrected chi connectivity index (χ2v) is 3.76. The van der Waals surface area contributed by atoms with Crippen molar-refractivity contribution in [3.63, 3.8) is 0 Å². The van der Waals surface area contributed by atoms with Crippen LogP contribution >= 0.6 is 0 Å². The zero-order valence-electron chi connectivity index (χ0n) is 10.7. The minimum Gasteiger partial charge on any atom is -0.385 e. The van der Waals surface area contributed by atoms with E-state index in [0.29, 0.717) is 25.1 Å². The molecule has 1 rings (SSSR count). The molecular formula is C14H16FNO3. The van der Waals surface area contributed by atoms with Gasteiger partial charge in [-0.2, -0.15) is 0 Å². The van der Waals surface area contributed by atoms with Gasteiger partial charge < -0.3 is 15.2 Å². The van der Waals surface area contributed by atoms with Crippen LogP contribution in [0.15, 0.2) is 18.2 Å². The first-order valence-corrected chi connectivity index (χ1v) is 5.85. The van der Waals surface area contributed by atoms with E-state index in [2.05, 4.69) is 17.2 Å². The van der Waals surface area contributed by atoms with Gasteiger partial charge in [-0.3, -0.25) is 4.79 Å². The van der Waals surface area contributed by atoms with Crippen LogP contribution in [0, 0.1) is 17.7 Å². The van der Waals surface area contributed by atoms with Crippen LogP contribution in [0.2, 0.25) is 0 Å². The Balaban J connectivity index is 2.65. The molecule has 0 aromatic heterocycles. The molecule has 0 fully saturated rings. The van der Waals surface area contributed by atoms with Gasteiger partial charge in [0.25, 0.3) is 5.91 Å². The van der Waals surface area contributed by atoms with E-state index in [9.17, 15) is 9.18 Å². The maximum Gasteiger partial charge on any atom is 0.254 e. The lowest BCUT2D eigenvalue weighted by atomic mass is 10.1. The number of ether oxygens (including phenoxy) is 1. The number of halogens is 1. The molecule has 0 saturated heterocycles. The predicted octanol–water partition coefficient (Wildman–Crippen LogP) is 0.936. The van der Waals surface area contributed by atoms with Gasteiger partial charge in [0.15, 0.2) is 0 Å². The summed E-state index contributed by atoms with van der Waals surface area (Å²) in [6.45, 7) is 0.681. The smallest absolute Gasteiger partial charge is 0.254 e. The molecule has 0 bridgehead atoms. The third-order valence-corrected chi connectivity index (χ3v) is 2.34. The summed E-state index contributed by atoms with van der Waals surface area (Å²) in [7, 11) is 1.58. The molecule has 0 heterocycles. The summed E-state index contributed by atoms with van der Waals surface area (Å²) in [5.41, 5.74) is 0.398. The molecular weight excluding hydrogens is 249 g/mol. The predicted molar refractivity (Wildman–Crippen MR) is 69.2 cm³/mol. The van der Waals surface area contributed by atoms with Crippen molar-refractivity contribution >= 4 is 5.91 Å². The summed E-state index contributed by atoms with van der Waals surface area (Å²) in [6.07, 6.45) is 0.671. The number of benzene rings is 1. The van der Waals surface area contributed by atoms with Crippen LogP contribution in [-0.4, -0.2) is 37.9 Å². The Labute approximate surface area is 111 Å².